The van der Waals surface area contributed by atoms with Crippen molar-refractivity contribution in [3.8, 4) is 0 Å². The largest absolute Gasteiger partial charge is 0.481 e. The summed E-state index contributed by atoms with van der Waals surface area (Å²) in [4.78, 5) is 34.7. The Balaban J connectivity index is 2.14. The molecule has 1 saturated heterocycles. The summed E-state index contributed by atoms with van der Waals surface area (Å²) in [7, 11) is 2.54. The summed E-state index contributed by atoms with van der Waals surface area (Å²) < 4.78 is 15.5. The third kappa shape index (κ3) is 2.85. The highest BCUT2D eigenvalue weighted by molar-refractivity contribution is 5.85. The van der Waals surface area contributed by atoms with Crippen molar-refractivity contribution in [1.29, 1.82) is 0 Å². The number of methoxy groups -OCH3 is 2. The van der Waals surface area contributed by atoms with Crippen molar-refractivity contribution in [3.63, 3.8) is 0 Å². The van der Waals surface area contributed by atoms with Gasteiger partial charge in [-0.15, -0.1) is 0 Å². The third-order valence-corrected chi connectivity index (χ3v) is 4.30. The minimum atomic E-state index is -0.908. The highest BCUT2D eigenvalue weighted by Gasteiger charge is 2.62. The van der Waals surface area contributed by atoms with Crippen LogP contribution in [0.5, 0.6) is 0 Å². The average molecular weight is 312 g/mol. The Labute approximate surface area is 128 Å². The molecule has 4 atom stereocenters. The lowest BCUT2D eigenvalue weighted by Crippen LogP contribution is -2.44. The van der Waals surface area contributed by atoms with Crippen molar-refractivity contribution in [1.82, 2.24) is 0 Å². The average Bonchev–Trinajstić information content (AvgIpc) is 3.06. The number of rotatable bonds is 7. The molecule has 7 nitrogen and oxygen atoms in total. The van der Waals surface area contributed by atoms with Crippen LogP contribution in [0.3, 0.4) is 0 Å². The molecule has 0 aromatic carbocycles. The van der Waals surface area contributed by atoms with Gasteiger partial charge < -0.3 is 19.3 Å². The van der Waals surface area contributed by atoms with Gasteiger partial charge in [-0.3, -0.25) is 14.4 Å². The van der Waals surface area contributed by atoms with Gasteiger partial charge in [0.05, 0.1) is 20.3 Å². The molecule has 0 saturated carbocycles. The SMILES string of the molecule is COC(=O)[C@H]1[C@@H](C(=O)OC)[C@]2(CCCCC(=O)O)C=C[C@H]1O2. The van der Waals surface area contributed by atoms with E-state index in [-0.39, 0.29) is 6.42 Å². The second-order valence-electron chi connectivity index (χ2n) is 5.55. The fourth-order valence-corrected chi connectivity index (χ4v) is 3.31. The zero-order valence-corrected chi connectivity index (χ0v) is 12.6. The highest BCUT2D eigenvalue weighted by Crippen LogP contribution is 2.50. The summed E-state index contributed by atoms with van der Waals surface area (Å²) in [6.07, 6.45) is 4.63. The summed E-state index contributed by atoms with van der Waals surface area (Å²) >= 11 is 0. The molecule has 0 radical (unpaired) electrons. The number of hydrogen-bond donors (Lipinski definition) is 1. The molecule has 0 aromatic rings. The predicted molar refractivity (Wildman–Crippen MR) is 73.9 cm³/mol. The smallest absolute Gasteiger partial charge is 0.312 e. The van der Waals surface area contributed by atoms with E-state index in [1.165, 1.54) is 14.2 Å². The number of carbonyl (C=O) groups excluding carboxylic acids is 2. The monoisotopic (exact) mass is 312 g/mol. The van der Waals surface area contributed by atoms with Crippen molar-refractivity contribution < 1.29 is 33.7 Å². The number of unbranched alkanes of at least 4 members (excludes halogenated alkanes) is 1. The first-order chi connectivity index (χ1) is 10.4. The molecular formula is C15H20O7. The standard InChI is InChI=1S/C15H20O7/c1-20-13(18)11-9-6-8-15(22-9,12(11)14(19)21-2)7-4-3-5-10(16)17/h6,8-9,11-12H,3-5,7H2,1-2H3,(H,16,17)/t9-,11-,12+,15+/m1/s1. The van der Waals surface area contributed by atoms with Crippen molar-refractivity contribution in [2.75, 3.05) is 14.2 Å². The minimum absolute atomic E-state index is 0.0620. The summed E-state index contributed by atoms with van der Waals surface area (Å²) in [6.45, 7) is 0. The molecular weight excluding hydrogens is 292 g/mol. The van der Waals surface area contributed by atoms with E-state index >= 15 is 0 Å². The number of fused-ring (bicyclic) bond motifs is 2. The van der Waals surface area contributed by atoms with E-state index in [2.05, 4.69) is 0 Å². The Morgan fingerprint density at radius 2 is 1.86 bits per heavy atom. The molecule has 0 amide bonds. The van der Waals surface area contributed by atoms with E-state index in [4.69, 9.17) is 19.3 Å². The second kappa shape index (κ2) is 6.48. The molecule has 2 rings (SSSR count). The number of carboxylic acids is 1. The van der Waals surface area contributed by atoms with Crippen LogP contribution in [-0.4, -0.2) is 48.9 Å². The number of aliphatic carboxylic acids is 1. The zero-order chi connectivity index (χ0) is 16.3. The van der Waals surface area contributed by atoms with E-state index in [1.807, 2.05) is 0 Å². The van der Waals surface area contributed by atoms with Crippen LogP contribution in [0, 0.1) is 11.8 Å². The van der Waals surface area contributed by atoms with Gasteiger partial charge in [0.25, 0.3) is 0 Å². The number of carboxylic acid groups (broad SMARTS) is 1. The Hall–Kier alpha value is -1.89. The van der Waals surface area contributed by atoms with Crippen LogP contribution in [-0.2, 0) is 28.6 Å². The minimum Gasteiger partial charge on any atom is -0.481 e. The van der Waals surface area contributed by atoms with Gasteiger partial charge in [-0.2, -0.15) is 0 Å². The summed E-state index contributed by atoms with van der Waals surface area (Å²) in [6, 6.07) is 0. The second-order valence-corrected chi connectivity index (χ2v) is 5.55. The Morgan fingerprint density at radius 3 is 2.45 bits per heavy atom. The molecule has 22 heavy (non-hydrogen) atoms. The maximum absolute atomic E-state index is 12.1. The Bertz CT molecular complexity index is 498. The molecule has 2 aliphatic heterocycles. The molecule has 0 aromatic heterocycles. The first-order valence-electron chi connectivity index (χ1n) is 7.20. The van der Waals surface area contributed by atoms with Crippen molar-refractivity contribution in [3.05, 3.63) is 12.2 Å². The maximum Gasteiger partial charge on any atom is 0.312 e. The number of hydrogen-bond acceptors (Lipinski definition) is 6. The van der Waals surface area contributed by atoms with Gasteiger partial charge in [-0.1, -0.05) is 12.2 Å². The quantitative estimate of drug-likeness (QED) is 0.424. The normalized spacial score (nSPS) is 32.0. The number of esters is 2. The molecule has 0 spiro atoms. The highest BCUT2D eigenvalue weighted by atomic mass is 16.6. The Morgan fingerprint density at radius 1 is 1.18 bits per heavy atom. The van der Waals surface area contributed by atoms with Crippen molar-refractivity contribution in [2.45, 2.75) is 37.4 Å². The van der Waals surface area contributed by atoms with Crippen LogP contribution in [0.15, 0.2) is 12.2 Å². The number of carbonyl (C=O) groups is 3. The first-order valence-corrected chi connectivity index (χ1v) is 7.20. The van der Waals surface area contributed by atoms with Gasteiger partial charge in [0.15, 0.2) is 0 Å². The summed E-state index contributed by atoms with van der Waals surface area (Å²) in [5.41, 5.74) is -0.908. The van der Waals surface area contributed by atoms with Crippen LogP contribution in [0.4, 0.5) is 0 Å². The van der Waals surface area contributed by atoms with E-state index in [0.29, 0.717) is 19.3 Å². The van der Waals surface area contributed by atoms with Gasteiger partial charge in [-0.05, 0) is 19.3 Å². The van der Waals surface area contributed by atoms with Crippen molar-refractivity contribution in [2.24, 2.45) is 11.8 Å². The maximum atomic E-state index is 12.1. The van der Waals surface area contributed by atoms with Crippen LogP contribution in [0.2, 0.25) is 0 Å². The molecule has 7 heteroatoms. The molecule has 122 valence electrons. The van der Waals surface area contributed by atoms with Gasteiger partial charge in [0.1, 0.15) is 17.4 Å². The lowest BCUT2D eigenvalue weighted by molar-refractivity contribution is -0.158. The van der Waals surface area contributed by atoms with E-state index in [9.17, 15) is 14.4 Å². The summed E-state index contributed by atoms with van der Waals surface area (Å²) in [5.74, 6) is -3.36. The fraction of sp³-hybridized carbons (Fsp3) is 0.667. The van der Waals surface area contributed by atoms with Gasteiger partial charge >= 0.3 is 17.9 Å². The van der Waals surface area contributed by atoms with Gasteiger partial charge in [-0.25, -0.2) is 0 Å². The Kier molecular flexibility index (Phi) is 4.85. The molecule has 2 heterocycles. The van der Waals surface area contributed by atoms with Crippen LogP contribution in [0.1, 0.15) is 25.7 Å². The summed E-state index contributed by atoms with van der Waals surface area (Å²) in [5, 5.41) is 8.68. The van der Waals surface area contributed by atoms with Crippen LogP contribution < -0.4 is 0 Å². The molecule has 0 unspecified atom stereocenters. The lowest BCUT2D eigenvalue weighted by Gasteiger charge is -2.30. The molecule has 0 aliphatic carbocycles. The molecule has 1 N–H and O–H groups in total. The number of ether oxygens (including phenoxy) is 3. The molecule has 2 aliphatic rings. The van der Waals surface area contributed by atoms with Gasteiger partial charge in [0.2, 0.25) is 0 Å². The predicted octanol–water partition coefficient (Wildman–Crippen LogP) is 0.917. The van der Waals surface area contributed by atoms with E-state index in [1.54, 1.807) is 12.2 Å². The zero-order valence-electron chi connectivity index (χ0n) is 12.6. The van der Waals surface area contributed by atoms with Crippen LogP contribution >= 0.6 is 0 Å². The van der Waals surface area contributed by atoms with E-state index in [0.717, 1.165) is 0 Å². The van der Waals surface area contributed by atoms with Crippen LogP contribution in [0.25, 0.3) is 0 Å². The topological polar surface area (TPSA) is 99.1 Å². The molecule has 2 bridgehead atoms. The van der Waals surface area contributed by atoms with E-state index < -0.39 is 41.4 Å². The fourth-order valence-electron chi connectivity index (χ4n) is 3.31. The first kappa shape index (κ1) is 16.5. The lowest BCUT2D eigenvalue weighted by atomic mass is 9.73. The van der Waals surface area contributed by atoms with Crippen molar-refractivity contribution >= 4 is 17.9 Å². The molecule has 1 fully saturated rings. The third-order valence-electron chi connectivity index (χ3n) is 4.30. The van der Waals surface area contributed by atoms with Gasteiger partial charge in [0, 0.05) is 6.42 Å².